The summed E-state index contributed by atoms with van der Waals surface area (Å²) in [6.45, 7) is 0. The Morgan fingerprint density at radius 3 is 1.21 bits per heavy atom. The van der Waals surface area contributed by atoms with Gasteiger partial charge in [0.1, 0.15) is 0 Å². The average Bonchev–Trinajstić information content (AvgIpc) is 3.41. The molecule has 0 nitrogen and oxygen atoms in total. The maximum absolute atomic E-state index is 2.49. The molecular weight excluding hydrogens is 479 g/mol. The Bertz CT molecular complexity index is 1210. The van der Waals surface area contributed by atoms with Crippen molar-refractivity contribution in [3.63, 3.8) is 0 Å². The first-order valence-electron chi connectivity index (χ1n) is 10.8. The van der Waals surface area contributed by atoms with E-state index in [0.29, 0.717) is 0 Å². The minimum absolute atomic E-state index is 0. The van der Waals surface area contributed by atoms with E-state index in [9.17, 15) is 0 Å². The molecule has 0 N–H and O–H groups in total. The fourth-order valence-corrected chi connectivity index (χ4v) is 8.79. The van der Waals surface area contributed by atoms with Gasteiger partial charge in [-0.2, -0.15) is 0 Å². The summed E-state index contributed by atoms with van der Waals surface area (Å²) in [5.41, 5.74) is 8.43. The van der Waals surface area contributed by atoms with Crippen molar-refractivity contribution in [1.29, 1.82) is 0 Å². The van der Waals surface area contributed by atoms with Gasteiger partial charge in [-0.05, 0) is 0 Å². The summed E-state index contributed by atoms with van der Waals surface area (Å²) in [5, 5.41) is 0. The van der Waals surface area contributed by atoms with Crippen molar-refractivity contribution in [2.75, 3.05) is 0 Å². The van der Waals surface area contributed by atoms with E-state index in [1.807, 2.05) is 0 Å². The van der Waals surface area contributed by atoms with Crippen molar-refractivity contribution in [2.45, 2.75) is 7.44 Å². The van der Waals surface area contributed by atoms with Gasteiger partial charge in [0.25, 0.3) is 0 Å². The maximum atomic E-state index is 2.49. The van der Waals surface area contributed by atoms with Gasteiger partial charge in [0.2, 0.25) is 0 Å². The van der Waals surface area contributed by atoms with Crippen LogP contribution in [0.2, 0.25) is 0 Å². The minimum atomic E-state index is -0.658. The van der Waals surface area contributed by atoms with Gasteiger partial charge in [-0.15, -0.1) is 0 Å². The van der Waals surface area contributed by atoms with Crippen molar-refractivity contribution < 1.29 is 44.0 Å². The molecule has 4 aromatic rings. The SMILES string of the molecule is C1=C[C]([Ti+2][C]2(c3ccccc3)C=Cc3ccccc32)(c2ccccc2)c2ccccc21.[Cl-].[Cl-]. The van der Waals surface area contributed by atoms with Crippen molar-refractivity contribution in [2.24, 2.45) is 0 Å². The second-order valence-corrected chi connectivity index (χ2v) is 11.2. The van der Waals surface area contributed by atoms with Crippen LogP contribution in [0.25, 0.3) is 12.2 Å². The van der Waals surface area contributed by atoms with Crippen LogP contribution in [0.3, 0.4) is 0 Å². The van der Waals surface area contributed by atoms with Gasteiger partial charge in [0.15, 0.2) is 0 Å². The zero-order chi connectivity index (χ0) is 20.7. The topological polar surface area (TPSA) is 0 Å². The van der Waals surface area contributed by atoms with Gasteiger partial charge in [0, 0.05) is 0 Å². The number of hydrogen-bond acceptors (Lipinski definition) is 0. The number of allylic oxidation sites excluding steroid dienone is 2. The molecule has 0 fully saturated rings. The quantitative estimate of drug-likeness (QED) is 0.367. The molecule has 4 aromatic carbocycles. The Morgan fingerprint density at radius 2 is 0.788 bits per heavy atom. The van der Waals surface area contributed by atoms with Gasteiger partial charge < -0.3 is 24.8 Å². The number of rotatable bonds is 4. The third-order valence-corrected chi connectivity index (χ3v) is 10.1. The first-order chi connectivity index (χ1) is 15.3. The Hall–Kier alpha value is -2.35. The van der Waals surface area contributed by atoms with Gasteiger partial charge in [0.05, 0.1) is 0 Å². The molecule has 2 unspecified atom stereocenters. The summed E-state index contributed by atoms with van der Waals surface area (Å²) in [6.07, 6.45) is 9.67. The standard InChI is InChI=1S/2C15H11.2ClH.Ti/c2*1-2-6-12(7-3-1)15-11-10-13-8-4-5-9-14(13)15;;;/h2*1-11H;2*1H;/q;;;;+2/p-2. The summed E-state index contributed by atoms with van der Waals surface area (Å²) >= 11 is -0.658. The molecule has 0 saturated heterocycles. The summed E-state index contributed by atoms with van der Waals surface area (Å²) < 4.78 is -0.120. The molecule has 0 bridgehead atoms. The monoisotopic (exact) mass is 500 g/mol. The molecule has 3 heteroatoms. The number of hydrogen-bond donors (Lipinski definition) is 0. The molecule has 0 spiro atoms. The second-order valence-electron chi connectivity index (χ2n) is 8.31. The summed E-state index contributed by atoms with van der Waals surface area (Å²) in [7, 11) is 0. The molecule has 2 atom stereocenters. The molecule has 2 aliphatic rings. The van der Waals surface area contributed by atoms with E-state index in [0.717, 1.165) is 0 Å². The normalized spacial score (nSPS) is 21.3. The van der Waals surface area contributed by atoms with E-state index in [-0.39, 0.29) is 32.3 Å². The number of halogens is 2. The molecule has 2 aliphatic carbocycles. The molecule has 0 aliphatic heterocycles. The fourth-order valence-electron chi connectivity index (χ4n) is 5.19. The molecule has 33 heavy (non-hydrogen) atoms. The minimum Gasteiger partial charge on any atom is -1.00 e. The Balaban J connectivity index is 0.00000130. The van der Waals surface area contributed by atoms with E-state index in [1.54, 1.807) is 0 Å². The fraction of sp³-hybridized carbons (Fsp3) is 0.0667. The molecule has 0 amide bonds. The number of fused-ring (bicyclic) bond motifs is 2. The van der Waals surface area contributed by atoms with E-state index >= 15 is 0 Å². The summed E-state index contributed by atoms with van der Waals surface area (Å²) in [5.74, 6) is 0. The van der Waals surface area contributed by atoms with Gasteiger partial charge in [-0.25, -0.2) is 0 Å². The molecule has 0 saturated carbocycles. The maximum Gasteiger partial charge on any atom is -1.00 e. The smallest absolute Gasteiger partial charge is 1.00 e. The van der Waals surface area contributed by atoms with E-state index in [1.165, 1.54) is 33.4 Å². The van der Waals surface area contributed by atoms with Crippen LogP contribution < -0.4 is 24.8 Å². The summed E-state index contributed by atoms with van der Waals surface area (Å²) in [4.78, 5) is 0. The first kappa shape index (κ1) is 23.8. The van der Waals surface area contributed by atoms with Gasteiger partial charge in [-0.1, -0.05) is 0 Å². The van der Waals surface area contributed by atoms with E-state index < -0.39 is 19.2 Å². The predicted molar refractivity (Wildman–Crippen MR) is 125 cm³/mol. The van der Waals surface area contributed by atoms with Gasteiger partial charge in [-0.3, -0.25) is 0 Å². The largest absolute Gasteiger partial charge is 1.00 e. The van der Waals surface area contributed by atoms with E-state index in [4.69, 9.17) is 0 Å². The first-order valence-corrected chi connectivity index (χ1v) is 12.4. The van der Waals surface area contributed by atoms with Crippen molar-refractivity contribution >= 4 is 12.2 Å². The molecule has 0 aromatic heterocycles. The van der Waals surface area contributed by atoms with Crippen molar-refractivity contribution in [3.8, 4) is 0 Å². The Labute approximate surface area is 217 Å². The van der Waals surface area contributed by atoms with Gasteiger partial charge >= 0.3 is 193 Å². The number of benzene rings is 4. The van der Waals surface area contributed by atoms with Crippen LogP contribution in [0, 0.1) is 0 Å². The molecule has 6 rings (SSSR count). The van der Waals surface area contributed by atoms with Crippen molar-refractivity contribution in [3.05, 3.63) is 155 Å². The predicted octanol–water partition coefficient (Wildman–Crippen LogP) is 1.02. The third-order valence-electron chi connectivity index (χ3n) is 6.65. The van der Waals surface area contributed by atoms with Crippen LogP contribution in [-0.2, 0) is 26.6 Å². The van der Waals surface area contributed by atoms with Crippen LogP contribution in [-0.4, -0.2) is 0 Å². The van der Waals surface area contributed by atoms with Crippen LogP contribution in [0.15, 0.2) is 121 Å². The van der Waals surface area contributed by atoms with Crippen LogP contribution in [0.5, 0.6) is 0 Å². The zero-order valence-electron chi connectivity index (χ0n) is 18.0. The molecule has 160 valence electrons. The molecule has 0 radical (unpaired) electrons. The zero-order valence-corrected chi connectivity index (χ0v) is 21.0. The average molecular weight is 501 g/mol. The second kappa shape index (κ2) is 9.49. The Morgan fingerprint density at radius 1 is 0.424 bits per heavy atom. The van der Waals surface area contributed by atoms with E-state index in [2.05, 4.69) is 133 Å². The van der Waals surface area contributed by atoms with Crippen LogP contribution in [0.1, 0.15) is 33.4 Å². The van der Waals surface area contributed by atoms with Crippen LogP contribution >= 0.6 is 0 Å². The summed E-state index contributed by atoms with van der Waals surface area (Å²) in [6, 6.07) is 40.2. The van der Waals surface area contributed by atoms with Crippen LogP contribution in [0.4, 0.5) is 0 Å². The van der Waals surface area contributed by atoms with Crippen molar-refractivity contribution in [1.82, 2.24) is 0 Å². The molecule has 0 heterocycles. The third kappa shape index (κ3) is 3.76. The molecular formula is C30H22Cl2Ti. The Kier molecular flexibility index (Phi) is 6.84.